The average Bonchev–Trinajstić information content (AvgIpc) is 2.52. The van der Waals surface area contributed by atoms with E-state index in [4.69, 9.17) is 0 Å². The monoisotopic (exact) mass is 316 g/mol. The third kappa shape index (κ3) is 2.12. The smallest absolute Gasteiger partial charge is 0.173 e. The number of nitrogens with zero attached hydrogens (tertiary/aromatic N) is 2. The Bertz CT molecular complexity index is 425. The standard InChI is InChI=1S/C10H9IN2S/c1-13-9(11)7-12-10(13)14-8-5-3-2-4-6-8/h2-7H,1H3. The van der Waals surface area contributed by atoms with Gasteiger partial charge in [-0.1, -0.05) is 30.0 Å². The first-order chi connectivity index (χ1) is 6.77. The molecule has 0 radical (unpaired) electrons. The Morgan fingerprint density at radius 2 is 2.00 bits per heavy atom. The molecule has 0 saturated heterocycles. The Labute approximate surface area is 101 Å². The van der Waals surface area contributed by atoms with E-state index in [1.54, 1.807) is 11.8 Å². The first-order valence-corrected chi connectivity index (χ1v) is 6.07. The van der Waals surface area contributed by atoms with Gasteiger partial charge in [-0.15, -0.1) is 0 Å². The van der Waals surface area contributed by atoms with E-state index in [-0.39, 0.29) is 0 Å². The summed E-state index contributed by atoms with van der Waals surface area (Å²) in [5.74, 6) is 0. The number of halogens is 1. The third-order valence-corrected chi connectivity index (χ3v) is 3.91. The van der Waals surface area contributed by atoms with E-state index >= 15 is 0 Å². The highest BCUT2D eigenvalue weighted by Gasteiger charge is 2.04. The Morgan fingerprint density at radius 3 is 2.57 bits per heavy atom. The van der Waals surface area contributed by atoms with E-state index in [0.717, 1.165) is 8.86 Å². The zero-order valence-electron chi connectivity index (χ0n) is 7.64. The van der Waals surface area contributed by atoms with Crippen LogP contribution in [0.25, 0.3) is 0 Å². The lowest BCUT2D eigenvalue weighted by atomic mass is 10.4. The first kappa shape index (κ1) is 10.0. The maximum atomic E-state index is 4.33. The Morgan fingerprint density at radius 1 is 1.29 bits per heavy atom. The number of benzene rings is 1. The molecule has 14 heavy (non-hydrogen) atoms. The summed E-state index contributed by atoms with van der Waals surface area (Å²) in [6.07, 6.45) is 1.88. The van der Waals surface area contributed by atoms with E-state index in [1.165, 1.54) is 4.90 Å². The van der Waals surface area contributed by atoms with Crippen molar-refractivity contribution in [2.45, 2.75) is 10.1 Å². The van der Waals surface area contributed by atoms with Crippen LogP contribution >= 0.6 is 34.4 Å². The van der Waals surface area contributed by atoms with E-state index < -0.39 is 0 Å². The molecule has 0 aliphatic carbocycles. The van der Waals surface area contributed by atoms with Crippen molar-refractivity contribution in [1.29, 1.82) is 0 Å². The summed E-state index contributed by atoms with van der Waals surface area (Å²) in [6.45, 7) is 0. The summed E-state index contributed by atoms with van der Waals surface area (Å²) in [5.41, 5.74) is 0. The maximum Gasteiger partial charge on any atom is 0.173 e. The zero-order chi connectivity index (χ0) is 9.97. The van der Waals surface area contributed by atoms with Gasteiger partial charge in [0.2, 0.25) is 0 Å². The number of hydrogen-bond acceptors (Lipinski definition) is 2. The van der Waals surface area contributed by atoms with Crippen LogP contribution in [0, 0.1) is 3.70 Å². The van der Waals surface area contributed by atoms with E-state index in [9.17, 15) is 0 Å². The minimum absolute atomic E-state index is 1.03. The molecule has 0 amide bonds. The molecule has 1 aromatic carbocycles. The zero-order valence-corrected chi connectivity index (χ0v) is 10.6. The molecule has 2 aromatic rings. The minimum atomic E-state index is 1.03. The van der Waals surface area contributed by atoms with Crippen LogP contribution in [-0.4, -0.2) is 9.55 Å². The van der Waals surface area contributed by atoms with Gasteiger partial charge in [0.15, 0.2) is 5.16 Å². The van der Waals surface area contributed by atoms with Gasteiger partial charge in [-0.25, -0.2) is 4.98 Å². The summed E-state index contributed by atoms with van der Waals surface area (Å²) in [4.78, 5) is 5.55. The molecule has 1 aromatic heterocycles. The fourth-order valence-electron chi connectivity index (χ4n) is 1.06. The van der Waals surface area contributed by atoms with Crippen molar-refractivity contribution < 1.29 is 0 Å². The van der Waals surface area contributed by atoms with Crippen LogP contribution in [0.5, 0.6) is 0 Å². The second kappa shape index (κ2) is 4.35. The molecule has 0 aliphatic heterocycles. The van der Waals surface area contributed by atoms with Crippen LogP contribution in [-0.2, 0) is 7.05 Å². The molecule has 0 aliphatic rings. The molecule has 0 bridgehead atoms. The minimum Gasteiger partial charge on any atom is -0.317 e. The summed E-state index contributed by atoms with van der Waals surface area (Å²) in [7, 11) is 2.03. The Balaban J connectivity index is 2.23. The topological polar surface area (TPSA) is 17.8 Å². The number of hydrogen-bond donors (Lipinski definition) is 0. The summed E-state index contributed by atoms with van der Waals surface area (Å²) in [5, 5.41) is 1.03. The molecule has 0 spiro atoms. The normalized spacial score (nSPS) is 10.4. The van der Waals surface area contributed by atoms with Gasteiger partial charge in [0, 0.05) is 11.9 Å². The van der Waals surface area contributed by atoms with Crippen LogP contribution in [0.4, 0.5) is 0 Å². The highest BCUT2D eigenvalue weighted by atomic mass is 127. The predicted molar refractivity (Wildman–Crippen MR) is 66.5 cm³/mol. The number of imidazole rings is 1. The van der Waals surface area contributed by atoms with E-state index in [1.807, 2.05) is 31.4 Å². The van der Waals surface area contributed by atoms with Gasteiger partial charge in [-0.05, 0) is 34.7 Å². The van der Waals surface area contributed by atoms with Crippen LogP contribution in [0.15, 0.2) is 46.6 Å². The fourth-order valence-corrected chi connectivity index (χ4v) is 2.44. The second-order valence-electron chi connectivity index (χ2n) is 2.84. The van der Waals surface area contributed by atoms with Gasteiger partial charge < -0.3 is 4.57 Å². The van der Waals surface area contributed by atoms with E-state index in [2.05, 4.69) is 44.3 Å². The van der Waals surface area contributed by atoms with Crippen molar-refractivity contribution >= 4 is 34.4 Å². The maximum absolute atomic E-state index is 4.33. The number of rotatable bonds is 2. The van der Waals surface area contributed by atoms with E-state index in [0.29, 0.717) is 0 Å². The van der Waals surface area contributed by atoms with Crippen molar-refractivity contribution in [2.24, 2.45) is 7.05 Å². The average molecular weight is 316 g/mol. The van der Waals surface area contributed by atoms with Gasteiger partial charge in [0.1, 0.15) is 3.70 Å². The van der Waals surface area contributed by atoms with Gasteiger partial charge in [0.05, 0.1) is 6.20 Å². The van der Waals surface area contributed by atoms with Crippen LogP contribution < -0.4 is 0 Å². The van der Waals surface area contributed by atoms with Crippen LogP contribution in [0.2, 0.25) is 0 Å². The van der Waals surface area contributed by atoms with Crippen LogP contribution in [0.3, 0.4) is 0 Å². The summed E-state index contributed by atoms with van der Waals surface area (Å²) in [6, 6.07) is 10.3. The van der Waals surface area contributed by atoms with Gasteiger partial charge in [-0.2, -0.15) is 0 Å². The molecular formula is C10H9IN2S. The van der Waals surface area contributed by atoms with Gasteiger partial charge in [-0.3, -0.25) is 0 Å². The summed E-state index contributed by atoms with van der Waals surface area (Å²) < 4.78 is 3.24. The third-order valence-electron chi connectivity index (χ3n) is 1.84. The number of aromatic nitrogens is 2. The first-order valence-electron chi connectivity index (χ1n) is 4.17. The lowest BCUT2D eigenvalue weighted by Gasteiger charge is -2.01. The quantitative estimate of drug-likeness (QED) is 0.792. The molecular weight excluding hydrogens is 307 g/mol. The molecule has 0 unspecified atom stereocenters. The fraction of sp³-hybridized carbons (Fsp3) is 0.100. The lowest BCUT2D eigenvalue weighted by molar-refractivity contribution is 0.773. The molecule has 0 N–H and O–H groups in total. The molecule has 2 rings (SSSR count). The molecule has 0 saturated carbocycles. The summed E-state index contributed by atoms with van der Waals surface area (Å²) >= 11 is 3.96. The van der Waals surface area contributed by atoms with Gasteiger partial charge in [0.25, 0.3) is 0 Å². The molecule has 0 atom stereocenters. The molecule has 4 heteroatoms. The lowest BCUT2D eigenvalue weighted by Crippen LogP contribution is -1.92. The highest BCUT2D eigenvalue weighted by molar-refractivity contribution is 14.1. The Kier molecular flexibility index (Phi) is 3.12. The largest absolute Gasteiger partial charge is 0.317 e. The van der Waals surface area contributed by atoms with Crippen LogP contribution in [0.1, 0.15) is 0 Å². The predicted octanol–water partition coefficient (Wildman–Crippen LogP) is 3.18. The van der Waals surface area contributed by atoms with Crippen molar-refractivity contribution in [3.8, 4) is 0 Å². The van der Waals surface area contributed by atoms with Crippen molar-refractivity contribution in [3.05, 3.63) is 40.2 Å². The SMILES string of the molecule is Cn1c(I)cnc1Sc1ccccc1. The van der Waals surface area contributed by atoms with Crippen molar-refractivity contribution in [2.75, 3.05) is 0 Å². The van der Waals surface area contributed by atoms with Crippen molar-refractivity contribution in [1.82, 2.24) is 9.55 Å². The Hall–Kier alpha value is -0.490. The van der Waals surface area contributed by atoms with Crippen molar-refractivity contribution in [3.63, 3.8) is 0 Å². The molecule has 2 nitrogen and oxygen atoms in total. The highest BCUT2D eigenvalue weighted by Crippen LogP contribution is 2.26. The van der Waals surface area contributed by atoms with Gasteiger partial charge >= 0.3 is 0 Å². The molecule has 72 valence electrons. The molecule has 0 fully saturated rings. The molecule has 1 heterocycles. The second-order valence-corrected chi connectivity index (χ2v) is 4.98.